The van der Waals surface area contributed by atoms with Crippen LogP contribution in [-0.4, -0.2) is 43.8 Å². The Morgan fingerprint density at radius 2 is 2.15 bits per heavy atom. The zero-order valence-corrected chi connectivity index (χ0v) is 15.5. The first-order valence-corrected chi connectivity index (χ1v) is 9.30. The summed E-state index contributed by atoms with van der Waals surface area (Å²) in [6.45, 7) is 4.24. The molecule has 1 aliphatic heterocycles. The lowest BCUT2D eigenvalue weighted by atomic mass is 10.2. The summed E-state index contributed by atoms with van der Waals surface area (Å²) in [4.78, 5) is 19.4. The Kier molecular flexibility index (Phi) is 4.29. The maximum absolute atomic E-state index is 13.3. The number of thiophene rings is 1. The van der Waals surface area contributed by atoms with Gasteiger partial charge in [-0.05, 0) is 25.5 Å². The summed E-state index contributed by atoms with van der Waals surface area (Å²) in [5, 5.41) is 7.93. The molecule has 0 radical (unpaired) electrons. The minimum Gasteiger partial charge on any atom is -0.338 e. The molecular formula is C17H17F2N5O2S. The van der Waals surface area contributed by atoms with Crippen molar-refractivity contribution in [2.75, 3.05) is 13.1 Å². The largest absolute Gasteiger partial charge is 0.338 e. The minimum absolute atomic E-state index is 0.00797. The summed E-state index contributed by atoms with van der Waals surface area (Å²) in [5.74, 6) is -3.76. The van der Waals surface area contributed by atoms with E-state index in [1.165, 1.54) is 11.3 Å². The average Bonchev–Trinajstić information content (AvgIpc) is 3.30. The Bertz CT molecular complexity index is 970. The number of nitrogens with zero attached hydrogens (tertiary/aromatic N) is 5. The van der Waals surface area contributed by atoms with E-state index in [-0.39, 0.29) is 17.8 Å². The van der Waals surface area contributed by atoms with Crippen LogP contribution in [0.3, 0.4) is 0 Å². The maximum Gasteiger partial charge on any atom is 0.322 e. The standard InChI is InChI=1S/C17H17F2N5O2S/c1-10(24-9-11(8-20-24)15(25)23-6-3-7-23)12-4-5-13(27-12)14-21-16(26-22-14)17(2,18)19/h4-5,8-10H,3,6-7H2,1-2H3. The highest BCUT2D eigenvalue weighted by molar-refractivity contribution is 7.15. The van der Waals surface area contributed by atoms with Crippen molar-refractivity contribution in [2.45, 2.75) is 32.2 Å². The molecule has 1 fully saturated rings. The van der Waals surface area contributed by atoms with Gasteiger partial charge in [0.2, 0.25) is 5.82 Å². The minimum atomic E-state index is -3.17. The molecule has 0 bridgehead atoms. The van der Waals surface area contributed by atoms with Gasteiger partial charge in [-0.25, -0.2) is 0 Å². The summed E-state index contributed by atoms with van der Waals surface area (Å²) < 4.78 is 32.9. The molecule has 1 amide bonds. The van der Waals surface area contributed by atoms with Crippen molar-refractivity contribution in [3.05, 3.63) is 40.9 Å². The third-order valence-corrected chi connectivity index (χ3v) is 5.70. The lowest BCUT2D eigenvalue weighted by Gasteiger charge is -2.30. The second kappa shape index (κ2) is 6.52. The van der Waals surface area contributed by atoms with Crippen LogP contribution >= 0.6 is 11.3 Å². The molecule has 1 aliphatic rings. The number of alkyl halides is 2. The van der Waals surface area contributed by atoms with Crippen LogP contribution in [-0.2, 0) is 5.92 Å². The number of amides is 1. The Balaban J connectivity index is 1.52. The van der Waals surface area contributed by atoms with Gasteiger partial charge in [-0.15, -0.1) is 11.3 Å². The molecule has 4 heterocycles. The first-order valence-electron chi connectivity index (χ1n) is 8.48. The van der Waals surface area contributed by atoms with E-state index < -0.39 is 11.8 Å². The van der Waals surface area contributed by atoms with Crippen LogP contribution in [0.15, 0.2) is 29.0 Å². The second-order valence-corrected chi connectivity index (χ2v) is 7.66. The summed E-state index contributed by atoms with van der Waals surface area (Å²) in [7, 11) is 0. The molecule has 0 aromatic carbocycles. The third kappa shape index (κ3) is 3.36. The number of rotatable bonds is 5. The van der Waals surface area contributed by atoms with Gasteiger partial charge in [0.15, 0.2) is 0 Å². The van der Waals surface area contributed by atoms with Crippen molar-refractivity contribution in [1.29, 1.82) is 0 Å². The van der Waals surface area contributed by atoms with Gasteiger partial charge in [0.1, 0.15) is 0 Å². The van der Waals surface area contributed by atoms with E-state index >= 15 is 0 Å². The van der Waals surface area contributed by atoms with Crippen molar-refractivity contribution < 1.29 is 18.1 Å². The van der Waals surface area contributed by atoms with Gasteiger partial charge in [-0.2, -0.15) is 18.9 Å². The first kappa shape index (κ1) is 17.8. The number of hydrogen-bond acceptors (Lipinski definition) is 6. The zero-order chi connectivity index (χ0) is 19.2. The molecular weight excluding hydrogens is 376 g/mol. The molecule has 7 nitrogen and oxygen atoms in total. The molecule has 3 aromatic rings. The van der Waals surface area contributed by atoms with E-state index in [1.807, 2.05) is 13.0 Å². The highest BCUT2D eigenvalue weighted by Crippen LogP contribution is 2.33. The van der Waals surface area contributed by atoms with Gasteiger partial charge in [-0.3, -0.25) is 9.48 Å². The van der Waals surface area contributed by atoms with Crippen molar-refractivity contribution >= 4 is 17.2 Å². The van der Waals surface area contributed by atoms with E-state index in [0.717, 1.165) is 24.4 Å². The van der Waals surface area contributed by atoms with Crippen molar-refractivity contribution in [3.8, 4) is 10.7 Å². The molecule has 27 heavy (non-hydrogen) atoms. The van der Waals surface area contributed by atoms with Crippen molar-refractivity contribution in [2.24, 2.45) is 0 Å². The Morgan fingerprint density at radius 3 is 2.78 bits per heavy atom. The summed E-state index contributed by atoms with van der Waals surface area (Å²) in [6.07, 6.45) is 4.34. The average molecular weight is 393 g/mol. The fraction of sp³-hybridized carbons (Fsp3) is 0.412. The SMILES string of the molecule is CC(c1ccc(-c2noc(C(C)(F)F)n2)s1)n1cc(C(=O)N2CCC2)cn1. The lowest BCUT2D eigenvalue weighted by Crippen LogP contribution is -2.41. The summed E-state index contributed by atoms with van der Waals surface area (Å²) >= 11 is 1.37. The van der Waals surface area contributed by atoms with E-state index in [1.54, 1.807) is 28.0 Å². The highest BCUT2D eigenvalue weighted by Gasteiger charge is 2.32. The fourth-order valence-corrected chi connectivity index (χ4v) is 3.67. The molecule has 10 heteroatoms. The molecule has 0 aliphatic carbocycles. The molecule has 1 atom stereocenters. The predicted octanol–water partition coefficient (Wildman–Crippen LogP) is 3.56. The number of likely N-dealkylation sites (tertiary alicyclic amines) is 1. The molecule has 142 valence electrons. The third-order valence-electron chi connectivity index (χ3n) is 4.45. The van der Waals surface area contributed by atoms with Gasteiger partial charge < -0.3 is 9.42 Å². The molecule has 0 spiro atoms. The second-order valence-electron chi connectivity index (χ2n) is 6.54. The number of aromatic nitrogens is 4. The normalized spacial score (nSPS) is 15.6. The van der Waals surface area contributed by atoms with E-state index in [4.69, 9.17) is 0 Å². The van der Waals surface area contributed by atoms with Gasteiger partial charge >= 0.3 is 5.92 Å². The maximum atomic E-state index is 13.3. The van der Waals surface area contributed by atoms with Gasteiger partial charge in [-0.1, -0.05) is 5.16 Å². The smallest absolute Gasteiger partial charge is 0.322 e. The number of hydrogen-bond donors (Lipinski definition) is 0. The van der Waals surface area contributed by atoms with Crippen LogP contribution in [0, 0.1) is 0 Å². The van der Waals surface area contributed by atoms with E-state index in [9.17, 15) is 13.6 Å². The number of halogens is 2. The van der Waals surface area contributed by atoms with Crippen LogP contribution in [0.25, 0.3) is 10.7 Å². The monoisotopic (exact) mass is 393 g/mol. The van der Waals surface area contributed by atoms with Crippen LogP contribution in [0.1, 0.15) is 47.4 Å². The van der Waals surface area contributed by atoms with Gasteiger partial charge in [0.05, 0.1) is 22.7 Å². The van der Waals surface area contributed by atoms with E-state index in [2.05, 4.69) is 19.8 Å². The highest BCUT2D eigenvalue weighted by atomic mass is 32.1. The Hall–Kier alpha value is -2.62. The van der Waals surface area contributed by atoms with Gasteiger partial charge in [0.25, 0.3) is 11.8 Å². The van der Waals surface area contributed by atoms with Crippen LogP contribution in [0.4, 0.5) is 8.78 Å². The van der Waals surface area contributed by atoms with E-state index in [0.29, 0.717) is 17.4 Å². The molecule has 4 rings (SSSR count). The van der Waals surface area contributed by atoms with Gasteiger partial charge in [0, 0.05) is 31.1 Å². The molecule has 3 aromatic heterocycles. The van der Waals surface area contributed by atoms with Crippen LogP contribution < -0.4 is 0 Å². The number of carbonyl (C=O) groups is 1. The Morgan fingerprint density at radius 1 is 1.37 bits per heavy atom. The quantitative estimate of drug-likeness (QED) is 0.662. The van der Waals surface area contributed by atoms with Crippen molar-refractivity contribution in [3.63, 3.8) is 0 Å². The van der Waals surface area contributed by atoms with Crippen molar-refractivity contribution in [1.82, 2.24) is 24.8 Å². The first-order chi connectivity index (χ1) is 12.8. The fourth-order valence-electron chi connectivity index (χ4n) is 2.69. The molecule has 0 saturated carbocycles. The number of carbonyl (C=O) groups excluding carboxylic acids is 1. The predicted molar refractivity (Wildman–Crippen MR) is 93.7 cm³/mol. The topological polar surface area (TPSA) is 77.0 Å². The Labute approximate surface area is 157 Å². The van der Waals surface area contributed by atoms with Crippen LogP contribution in [0.5, 0.6) is 0 Å². The molecule has 1 saturated heterocycles. The molecule has 1 unspecified atom stereocenters. The summed E-state index contributed by atoms with van der Waals surface area (Å²) in [6, 6.07) is 3.50. The molecule has 0 N–H and O–H groups in total. The lowest BCUT2D eigenvalue weighted by molar-refractivity contribution is -0.0158. The van der Waals surface area contributed by atoms with Crippen LogP contribution in [0.2, 0.25) is 0 Å². The zero-order valence-electron chi connectivity index (χ0n) is 14.7. The summed E-state index contributed by atoms with van der Waals surface area (Å²) in [5.41, 5.74) is 0.561.